The standard InChI is InChI=1S/C19H22F2N4O/c1-10-3-6-13(7-11(10)2)23-19(26)14(9-22)18-24-15(12-4-5-12)8-16(25-18)17(20)21/h3,6-9,12,14-15,17,22H,4-5H2,1-2H3,(H,23,26)(H,24,25). The van der Waals surface area contributed by atoms with Crippen molar-refractivity contribution in [1.29, 1.82) is 5.41 Å². The SMILES string of the molecule is Cc1ccc(NC(=O)C(C=N)C2=NC(C3CC3)C=C(C(F)F)N2)cc1C. The van der Waals surface area contributed by atoms with Crippen LogP contribution >= 0.6 is 0 Å². The van der Waals surface area contributed by atoms with Crippen LogP contribution in [0.15, 0.2) is 35.0 Å². The van der Waals surface area contributed by atoms with Gasteiger partial charge in [-0.15, -0.1) is 0 Å². The summed E-state index contributed by atoms with van der Waals surface area (Å²) in [5.41, 5.74) is 2.49. The molecule has 0 saturated heterocycles. The molecule has 0 aromatic heterocycles. The van der Waals surface area contributed by atoms with Gasteiger partial charge in [-0.2, -0.15) is 0 Å². The number of rotatable bonds is 6. The third-order valence-corrected chi connectivity index (χ3v) is 4.77. The Kier molecular flexibility index (Phi) is 5.15. The predicted molar refractivity (Wildman–Crippen MR) is 98.0 cm³/mol. The Labute approximate surface area is 151 Å². The molecule has 1 fully saturated rings. The number of aryl methyl sites for hydroxylation is 2. The Balaban J connectivity index is 1.79. The molecule has 138 valence electrons. The summed E-state index contributed by atoms with van der Waals surface area (Å²) in [5.74, 6) is -1.16. The van der Waals surface area contributed by atoms with E-state index in [1.807, 2.05) is 26.0 Å². The van der Waals surface area contributed by atoms with Gasteiger partial charge >= 0.3 is 0 Å². The minimum absolute atomic E-state index is 0.107. The fraction of sp³-hybridized carbons (Fsp3) is 0.421. The number of hydrogen-bond donors (Lipinski definition) is 3. The number of anilines is 1. The maximum atomic E-state index is 13.2. The van der Waals surface area contributed by atoms with Crippen molar-refractivity contribution < 1.29 is 13.6 Å². The first-order chi connectivity index (χ1) is 12.4. The van der Waals surface area contributed by atoms with Gasteiger partial charge in [-0.05, 0) is 61.9 Å². The summed E-state index contributed by atoms with van der Waals surface area (Å²) >= 11 is 0. The number of hydrogen-bond acceptors (Lipinski definition) is 4. The zero-order chi connectivity index (χ0) is 18.8. The number of nitrogens with one attached hydrogen (secondary N) is 3. The fourth-order valence-corrected chi connectivity index (χ4v) is 2.89. The lowest BCUT2D eigenvalue weighted by atomic mass is 10.0. The fourth-order valence-electron chi connectivity index (χ4n) is 2.89. The smallest absolute Gasteiger partial charge is 0.278 e. The lowest BCUT2D eigenvalue weighted by Crippen LogP contribution is -2.43. The molecule has 2 unspecified atom stereocenters. The topological polar surface area (TPSA) is 77.3 Å². The van der Waals surface area contributed by atoms with E-state index in [9.17, 15) is 13.6 Å². The van der Waals surface area contributed by atoms with Crippen molar-refractivity contribution in [3.05, 3.63) is 41.1 Å². The van der Waals surface area contributed by atoms with E-state index in [2.05, 4.69) is 15.6 Å². The van der Waals surface area contributed by atoms with Gasteiger partial charge in [-0.25, -0.2) is 8.78 Å². The molecule has 3 rings (SSSR count). The average molecular weight is 360 g/mol. The summed E-state index contributed by atoms with van der Waals surface area (Å²) in [7, 11) is 0. The molecule has 1 aromatic carbocycles. The normalized spacial score (nSPS) is 20.7. The Morgan fingerprint density at radius 3 is 2.65 bits per heavy atom. The predicted octanol–water partition coefficient (Wildman–Crippen LogP) is 3.44. The largest absolute Gasteiger partial charge is 0.342 e. The van der Waals surface area contributed by atoms with Gasteiger partial charge in [0.15, 0.2) is 0 Å². The second-order valence-corrected chi connectivity index (χ2v) is 6.82. The van der Waals surface area contributed by atoms with E-state index in [-0.39, 0.29) is 23.5 Å². The molecule has 7 heteroatoms. The molecule has 26 heavy (non-hydrogen) atoms. The highest BCUT2D eigenvalue weighted by molar-refractivity contribution is 6.18. The zero-order valence-corrected chi connectivity index (χ0v) is 14.7. The molecular weight excluding hydrogens is 338 g/mol. The second kappa shape index (κ2) is 7.35. The second-order valence-electron chi connectivity index (χ2n) is 6.82. The first-order valence-electron chi connectivity index (χ1n) is 8.62. The highest BCUT2D eigenvalue weighted by Crippen LogP contribution is 2.37. The van der Waals surface area contributed by atoms with E-state index in [1.54, 1.807) is 6.07 Å². The van der Waals surface area contributed by atoms with Gasteiger partial charge in [0, 0.05) is 11.9 Å². The minimum Gasteiger partial charge on any atom is -0.342 e. The van der Waals surface area contributed by atoms with Crippen LogP contribution in [0.2, 0.25) is 0 Å². The van der Waals surface area contributed by atoms with Crippen LogP contribution in [-0.2, 0) is 4.79 Å². The van der Waals surface area contributed by atoms with Gasteiger partial charge in [0.25, 0.3) is 6.43 Å². The molecule has 2 aliphatic rings. The number of allylic oxidation sites excluding steroid dienone is 1. The zero-order valence-electron chi connectivity index (χ0n) is 14.7. The molecule has 0 bridgehead atoms. The first-order valence-corrected chi connectivity index (χ1v) is 8.62. The summed E-state index contributed by atoms with van der Waals surface area (Å²) in [6, 6.07) is 5.14. The van der Waals surface area contributed by atoms with Gasteiger partial charge in [-0.3, -0.25) is 9.79 Å². The average Bonchev–Trinajstić information content (AvgIpc) is 3.43. The van der Waals surface area contributed by atoms with E-state index in [0.29, 0.717) is 5.69 Å². The minimum atomic E-state index is -2.67. The molecule has 1 aliphatic carbocycles. The van der Waals surface area contributed by atoms with E-state index in [4.69, 9.17) is 5.41 Å². The van der Waals surface area contributed by atoms with Gasteiger partial charge in [-0.1, -0.05) is 6.07 Å². The maximum absolute atomic E-state index is 13.2. The molecule has 0 spiro atoms. The van der Waals surface area contributed by atoms with Gasteiger partial charge in [0.1, 0.15) is 11.8 Å². The van der Waals surface area contributed by atoms with Crippen molar-refractivity contribution in [3.63, 3.8) is 0 Å². The number of benzene rings is 1. The van der Waals surface area contributed by atoms with Crippen molar-refractivity contribution in [2.24, 2.45) is 16.8 Å². The molecule has 1 aliphatic heterocycles. The number of amides is 1. The third kappa shape index (κ3) is 3.98. The molecule has 3 N–H and O–H groups in total. The van der Waals surface area contributed by atoms with Crippen LogP contribution in [0.25, 0.3) is 0 Å². The highest BCUT2D eigenvalue weighted by atomic mass is 19.3. The summed E-state index contributed by atoms with van der Waals surface area (Å²) in [5, 5.41) is 12.9. The quantitative estimate of drug-likeness (QED) is 0.680. The Bertz CT molecular complexity index is 784. The van der Waals surface area contributed by atoms with Crippen LogP contribution in [0.1, 0.15) is 24.0 Å². The lowest BCUT2D eigenvalue weighted by Gasteiger charge is -2.25. The number of alkyl halides is 2. The van der Waals surface area contributed by atoms with Crippen molar-refractivity contribution >= 4 is 23.6 Å². The van der Waals surface area contributed by atoms with E-state index < -0.39 is 18.3 Å². The van der Waals surface area contributed by atoms with E-state index in [0.717, 1.165) is 30.2 Å². The molecule has 1 saturated carbocycles. The Hall–Kier alpha value is -2.57. The lowest BCUT2D eigenvalue weighted by molar-refractivity contribution is -0.116. The van der Waals surface area contributed by atoms with Gasteiger partial charge in [0.05, 0.1) is 11.7 Å². The highest BCUT2D eigenvalue weighted by Gasteiger charge is 2.36. The molecule has 5 nitrogen and oxygen atoms in total. The van der Waals surface area contributed by atoms with Gasteiger partial charge < -0.3 is 16.0 Å². The summed E-state index contributed by atoms with van der Waals surface area (Å²) in [6.07, 6.45) is 1.59. The molecule has 2 atom stereocenters. The Morgan fingerprint density at radius 2 is 2.08 bits per heavy atom. The van der Waals surface area contributed by atoms with Crippen LogP contribution < -0.4 is 10.6 Å². The molecular formula is C19H22F2N4O. The number of carbonyl (C=O) groups excluding carboxylic acids is 1. The van der Waals surface area contributed by atoms with Crippen LogP contribution in [0.4, 0.5) is 14.5 Å². The summed E-state index contributed by atoms with van der Waals surface area (Å²) in [6.45, 7) is 3.91. The molecule has 1 aromatic rings. The monoisotopic (exact) mass is 360 g/mol. The van der Waals surface area contributed by atoms with Crippen LogP contribution in [0, 0.1) is 31.1 Å². The van der Waals surface area contributed by atoms with Crippen LogP contribution in [0.3, 0.4) is 0 Å². The summed E-state index contributed by atoms with van der Waals surface area (Å²) in [4.78, 5) is 17.0. The van der Waals surface area contributed by atoms with Crippen LogP contribution in [0.5, 0.6) is 0 Å². The van der Waals surface area contributed by atoms with Gasteiger partial charge in [0.2, 0.25) is 5.91 Å². The number of aliphatic imine (C=N–C) groups is 1. The van der Waals surface area contributed by atoms with E-state index >= 15 is 0 Å². The summed E-state index contributed by atoms with van der Waals surface area (Å²) < 4.78 is 26.4. The van der Waals surface area contributed by atoms with Crippen molar-refractivity contribution in [2.75, 3.05) is 5.32 Å². The molecule has 0 radical (unpaired) electrons. The van der Waals surface area contributed by atoms with Crippen LogP contribution in [-0.4, -0.2) is 30.4 Å². The molecule has 1 heterocycles. The number of carbonyl (C=O) groups is 1. The number of halogens is 2. The van der Waals surface area contributed by atoms with Crippen molar-refractivity contribution in [3.8, 4) is 0 Å². The maximum Gasteiger partial charge on any atom is 0.278 e. The number of amidine groups is 1. The van der Waals surface area contributed by atoms with Crippen molar-refractivity contribution in [1.82, 2.24) is 5.32 Å². The Morgan fingerprint density at radius 1 is 1.35 bits per heavy atom. The molecule has 1 amide bonds. The van der Waals surface area contributed by atoms with Crippen molar-refractivity contribution in [2.45, 2.75) is 39.2 Å². The third-order valence-electron chi connectivity index (χ3n) is 4.77. The first kappa shape index (κ1) is 18.2. The number of nitrogens with zero attached hydrogens (tertiary/aromatic N) is 1. The van der Waals surface area contributed by atoms with E-state index in [1.165, 1.54) is 6.08 Å².